The summed E-state index contributed by atoms with van der Waals surface area (Å²) in [6, 6.07) is 6.93. The minimum absolute atomic E-state index is 0.0676. The number of hydrogen-bond acceptors (Lipinski definition) is 4. The first kappa shape index (κ1) is 19.1. The number of halogens is 1. The first-order valence-corrected chi connectivity index (χ1v) is 9.20. The summed E-state index contributed by atoms with van der Waals surface area (Å²) in [4.78, 5) is 24.1. The van der Waals surface area contributed by atoms with Gasteiger partial charge in [-0.3, -0.25) is 9.59 Å². The predicted molar refractivity (Wildman–Crippen MR) is 100 cm³/mol. The van der Waals surface area contributed by atoms with Gasteiger partial charge in [0.25, 0.3) is 12.3 Å². The summed E-state index contributed by atoms with van der Waals surface area (Å²) >= 11 is 0. The van der Waals surface area contributed by atoms with Crippen molar-refractivity contribution >= 4 is 11.7 Å². The lowest BCUT2D eigenvalue weighted by atomic mass is 9.93. The Hall–Kier alpha value is -2.67. The van der Waals surface area contributed by atoms with Crippen molar-refractivity contribution in [2.75, 3.05) is 13.1 Å². The van der Waals surface area contributed by atoms with Gasteiger partial charge in [-0.2, -0.15) is 0 Å². The number of hydrogen-bond donors (Lipinski definition) is 2. The maximum atomic E-state index is 14.0. The molecule has 1 aromatic carbocycles. The molecule has 2 aromatic rings. The van der Waals surface area contributed by atoms with Gasteiger partial charge in [0.2, 0.25) is 0 Å². The molecule has 0 aliphatic heterocycles. The molecule has 1 amide bonds. The second-order valence-corrected chi connectivity index (χ2v) is 6.60. The van der Waals surface area contributed by atoms with E-state index in [2.05, 4.69) is 5.32 Å². The normalized spacial score (nSPS) is 14.7. The van der Waals surface area contributed by atoms with Crippen LogP contribution in [0.2, 0.25) is 0 Å². The molecule has 0 spiro atoms. The highest BCUT2D eigenvalue weighted by Crippen LogP contribution is 2.30. The maximum Gasteiger partial charge on any atom is 0.251 e. The number of nitrogens with one attached hydrogen (secondary N) is 1. The number of ketones is 1. The highest BCUT2D eigenvalue weighted by molar-refractivity contribution is 6.09. The minimum Gasteiger partial charge on any atom is -0.459 e. The monoisotopic (exact) mass is 373 g/mol. The zero-order valence-corrected chi connectivity index (χ0v) is 15.3. The van der Waals surface area contributed by atoms with E-state index >= 15 is 0 Å². The van der Waals surface area contributed by atoms with E-state index in [1.807, 2.05) is 13.0 Å². The van der Waals surface area contributed by atoms with E-state index in [9.17, 15) is 14.0 Å². The zero-order chi connectivity index (χ0) is 19.4. The van der Waals surface area contributed by atoms with Crippen molar-refractivity contribution in [1.29, 1.82) is 0 Å². The number of carbonyl (C=O) groups is 2. The molecule has 144 valence electrons. The van der Waals surface area contributed by atoms with Gasteiger partial charge in [0.15, 0.2) is 5.78 Å². The number of Topliss-reactive ketones (excluding diaryl/α,β-unsaturated/α-hetero) is 1. The summed E-state index contributed by atoms with van der Waals surface area (Å²) in [5.41, 5.74) is 7.56. The van der Waals surface area contributed by atoms with Crippen molar-refractivity contribution < 1.29 is 18.7 Å². The summed E-state index contributed by atoms with van der Waals surface area (Å²) in [6.45, 7) is 2.84. The van der Waals surface area contributed by atoms with Crippen molar-refractivity contribution in [2.45, 2.75) is 39.0 Å². The Morgan fingerprint density at radius 2 is 2.22 bits per heavy atom. The van der Waals surface area contributed by atoms with Gasteiger partial charge < -0.3 is 20.4 Å². The van der Waals surface area contributed by atoms with E-state index in [4.69, 9.17) is 10.5 Å². The molecule has 0 bridgehead atoms. The van der Waals surface area contributed by atoms with Crippen LogP contribution < -0.4 is 15.8 Å². The molecule has 0 saturated heterocycles. The van der Waals surface area contributed by atoms with Crippen LogP contribution in [0.15, 0.2) is 30.5 Å². The topological polar surface area (TPSA) is 86.3 Å². The quantitative estimate of drug-likeness (QED) is 0.697. The molecule has 1 aromatic heterocycles. The van der Waals surface area contributed by atoms with Crippen molar-refractivity contribution in [3.63, 3.8) is 0 Å². The van der Waals surface area contributed by atoms with Crippen molar-refractivity contribution in [3.05, 3.63) is 47.3 Å². The Balaban J connectivity index is 1.88. The Labute approximate surface area is 157 Å². The van der Waals surface area contributed by atoms with Crippen molar-refractivity contribution in [3.8, 4) is 11.4 Å². The second-order valence-electron chi connectivity index (χ2n) is 6.60. The van der Waals surface area contributed by atoms with Crippen LogP contribution >= 0.6 is 0 Å². The Morgan fingerprint density at radius 1 is 1.41 bits per heavy atom. The Kier molecular flexibility index (Phi) is 5.91. The van der Waals surface area contributed by atoms with Gasteiger partial charge in [0.05, 0.1) is 17.7 Å². The third-order valence-corrected chi connectivity index (χ3v) is 4.56. The average molecular weight is 373 g/mol. The van der Waals surface area contributed by atoms with Gasteiger partial charge in [-0.15, -0.1) is 0 Å². The number of benzene rings is 1. The van der Waals surface area contributed by atoms with Crippen LogP contribution in [0, 0.1) is 0 Å². The molecule has 0 saturated carbocycles. The highest BCUT2D eigenvalue weighted by atomic mass is 19.1. The molecule has 27 heavy (non-hydrogen) atoms. The summed E-state index contributed by atoms with van der Waals surface area (Å²) in [5.74, 6) is -0.316. The zero-order valence-electron chi connectivity index (χ0n) is 15.3. The number of carbonyl (C=O) groups excluding carboxylic acids is 2. The molecule has 1 atom stereocenters. The highest BCUT2D eigenvalue weighted by Gasteiger charge is 2.28. The number of rotatable bonds is 8. The summed E-state index contributed by atoms with van der Waals surface area (Å²) in [6.07, 6.45) is 2.85. The number of nitrogens with two attached hydrogens (primary N) is 1. The predicted octanol–water partition coefficient (Wildman–Crippen LogP) is 2.77. The molecule has 1 unspecified atom stereocenters. The average Bonchev–Trinajstić information content (AvgIpc) is 3.03. The van der Waals surface area contributed by atoms with Crippen LogP contribution in [0.1, 0.15) is 52.6 Å². The molecule has 7 heteroatoms. The van der Waals surface area contributed by atoms with E-state index in [0.29, 0.717) is 29.8 Å². The third-order valence-electron chi connectivity index (χ3n) is 4.56. The Bertz CT molecular complexity index is 847. The van der Waals surface area contributed by atoms with Gasteiger partial charge in [0.1, 0.15) is 5.75 Å². The standard InChI is InChI=1S/C20H24FN3O3/c1-2-9-23-11-18(21)27-14-6-3-5-13(10-14)24-12-15(20(22)26)19-16(24)7-4-8-17(19)25/h3,5-6,10,12,18,23H,2,4,7-9,11H2,1H3,(H2,22,26). The Morgan fingerprint density at radius 3 is 2.96 bits per heavy atom. The molecule has 3 rings (SSSR count). The summed E-state index contributed by atoms with van der Waals surface area (Å²) < 4.78 is 21.1. The summed E-state index contributed by atoms with van der Waals surface area (Å²) in [5, 5.41) is 2.97. The minimum atomic E-state index is -1.46. The largest absolute Gasteiger partial charge is 0.459 e. The first-order valence-electron chi connectivity index (χ1n) is 9.20. The van der Waals surface area contributed by atoms with Crippen molar-refractivity contribution in [1.82, 2.24) is 9.88 Å². The summed E-state index contributed by atoms with van der Waals surface area (Å²) in [7, 11) is 0. The van der Waals surface area contributed by atoms with Crippen LogP contribution in [-0.2, 0) is 6.42 Å². The molecule has 1 aliphatic carbocycles. The van der Waals surface area contributed by atoms with Crippen molar-refractivity contribution in [2.24, 2.45) is 5.73 Å². The lowest BCUT2D eigenvalue weighted by Crippen LogP contribution is -2.28. The fourth-order valence-electron chi connectivity index (χ4n) is 3.35. The van der Waals surface area contributed by atoms with E-state index < -0.39 is 12.3 Å². The number of ether oxygens (including phenoxy) is 1. The van der Waals surface area contributed by atoms with E-state index in [1.165, 1.54) is 0 Å². The van der Waals surface area contributed by atoms with E-state index in [1.54, 1.807) is 29.0 Å². The number of nitrogens with zero attached hydrogens (tertiary/aromatic N) is 1. The smallest absolute Gasteiger partial charge is 0.251 e. The van der Waals surface area contributed by atoms with Gasteiger partial charge in [-0.1, -0.05) is 13.0 Å². The van der Waals surface area contributed by atoms with Crippen LogP contribution in [0.25, 0.3) is 5.69 Å². The maximum absolute atomic E-state index is 14.0. The van der Waals surface area contributed by atoms with Crippen LogP contribution in [-0.4, -0.2) is 35.7 Å². The molecule has 0 radical (unpaired) electrons. The molecule has 6 nitrogen and oxygen atoms in total. The van der Waals surface area contributed by atoms with E-state index in [0.717, 1.165) is 25.1 Å². The molecular formula is C20H24FN3O3. The number of primary amides is 1. The third kappa shape index (κ3) is 4.19. The first-order chi connectivity index (χ1) is 13.0. The fourth-order valence-corrected chi connectivity index (χ4v) is 3.35. The number of alkyl halides is 1. The van der Waals surface area contributed by atoms with Gasteiger partial charge in [-0.05, 0) is 37.9 Å². The fraction of sp³-hybridized carbons (Fsp3) is 0.400. The second kappa shape index (κ2) is 8.35. The lowest BCUT2D eigenvalue weighted by Gasteiger charge is -2.16. The molecular weight excluding hydrogens is 349 g/mol. The van der Waals surface area contributed by atoms with Crippen LogP contribution in [0.5, 0.6) is 5.75 Å². The van der Waals surface area contributed by atoms with Gasteiger partial charge in [-0.25, -0.2) is 4.39 Å². The van der Waals surface area contributed by atoms with E-state index in [-0.39, 0.29) is 17.9 Å². The molecule has 1 aliphatic rings. The number of fused-ring (bicyclic) bond motifs is 1. The van der Waals surface area contributed by atoms with Gasteiger partial charge in [0, 0.05) is 30.1 Å². The van der Waals surface area contributed by atoms with Crippen LogP contribution in [0.3, 0.4) is 0 Å². The molecule has 0 fully saturated rings. The van der Waals surface area contributed by atoms with Crippen LogP contribution in [0.4, 0.5) is 4.39 Å². The lowest BCUT2D eigenvalue weighted by molar-refractivity contribution is 0.0675. The SMILES string of the molecule is CCCNCC(F)Oc1cccc(-n2cc(C(N)=O)c3c2CCCC3=O)c1. The number of aromatic nitrogens is 1. The molecule has 1 heterocycles. The molecule has 3 N–H and O–H groups in total. The van der Waals surface area contributed by atoms with Gasteiger partial charge >= 0.3 is 0 Å². The number of amides is 1.